The van der Waals surface area contributed by atoms with Crippen LogP contribution in [0.3, 0.4) is 0 Å². The maximum absolute atomic E-state index is 12.6. The first-order valence-electron chi connectivity index (χ1n) is 7.19. The Morgan fingerprint density at radius 2 is 1.83 bits per heavy atom. The van der Waals surface area contributed by atoms with Crippen LogP contribution in [-0.4, -0.2) is 30.0 Å². The zero-order valence-corrected chi connectivity index (χ0v) is 15.2. The maximum Gasteiger partial charge on any atom is 0.339 e. The van der Waals surface area contributed by atoms with Crippen molar-refractivity contribution in [2.75, 3.05) is 7.11 Å². The molecule has 2 rings (SSSR count). The number of methoxy groups -OCH3 is 1. The second-order valence-electron chi connectivity index (χ2n) is 5.32. The van der Waals surface area contributed by atoms with Gasteiger partial charge >= 0.3 is 5.97 Å². The van der Waals surface area contributed by atoms with Crippen LogP contribution >= 0.6 is 23.2 Å². The lowest BCUT2D eigenvalue weighted by Gasteiger charge is -2.14. The fraction of sp³-hybridized carbons (Fsp3) is 0.294. The summed E-state index contributed by atoms with van der Waals surface area (Å²) < 4.78 is 10.4. The number of hydrogen-bond donors (Lipinski definition) is 1. The largest absolute Gasteiger partial charge is 0.482 e. The van der Waals surface area contributed by atoms with E-state index in [0.29, 0.717) is 38.3 Å². The SMILES string of the molecule is COC(=O)c1c(C)[nH]c(C(=O)[C@H](C)Oc2ccc(Cl)c(Cl)c2)c1C. The Hall–Kier alpha value is -1.98. The number of hydrogen-bond acceptors (Lipinski definition) is 4. The van der Waals surface area contributed by atoms with Crippen LogP contribution in [0.15, 0.2) is 18.2 Å². The van der Waals surface area contributed by atoms with Gasteiger partial charge in [-0.05, 0) is 38.5 Å². The summed E-state index contributed by atoms with van der Waals surface area (Å²) in [6, 6.07) is 4.76. The van der Waals surface area contributed by atoms with Crippen LogP contribution in [0.5, 0.6) is 5.75 Å². The highest BCUT2D eigenvalue weighted by Crippen LogP contribution is 2.27. The van der Waals surface area contributed by atoms with Gasteiger partial charge in [-0.2, -0.15) is 0 Å². The Labute approximate surface area is 149 Å². The van der Waals surface area contributed by atoms with Crippen molar-refractivity contribution in [3.8, 4) is 5.75 Å². The molecule has 0 aliphatic carbocycles. The van der Waals surface area contributed by atoms with Crippen molar-refractivity contribution in [2.24, 2.45) is 0 Å². The second kappa shape index (κ2) is 7.28. The van der Waals surface area contributed by atoms with E-state index in [9.17, 15) is 9.59 Å². The van der Waals surface area contributed by atoms with Gasteiger partial charge < -0.3 is 14.5 Å². The number of aryl methyl sites for hydroxylation is 1. The van der Waals surface area contributed by atoms with Crippen molar-refractivity contribution < 1.29 is 19.1 Å². The summed E-state index contributed by atoms with van der Waals surface area (Å²) in [6.45, 7) is 5.02. The summed E-state index contributed by atoms with van der Waals surface area (Å²) in [5.41, 5.74) is 1.79. The van der Waals surface area contributed by atoms with Gasteiger partial charge in [-0.3, -0.25) is 4.79 Å². The van der Waals surface area contributed by atoms with E-state index in [1.165, 1.54) is 7.11 Å². The number of halogens is 2. The van der Waals surface area contributed by atoms with Gasteiger partial charge in [-0.15, -0.1) is 0 Å². The molecule has 0 saturated heterocycles. The number of rotatable bonds is 5. The molecule has 0 spiro atoms. The number of carbonyl (C=O) groups excluding carboxylic acids is 2. The molecule has 0 amide bonds. The number of nitrogens with one attached hydrogen (secondary N) is 1. The summed E-state index contributed by atoms with van der Waals surface area (Å²) in [5.74, 6) is -0.338. The minimum Gasteiger partial charge on any atom is -0.482 e. The second-order valence-corrected chi connectivity index (χ2v) is 6.13. The van der Waals surface area contributed by atoms with Crippen LogP contribution in [0.2, 0.25) is 10.0 Å². The molecule has 0 saturated carbocycles. The molecule has 0 aliphatic heterocycles. The molecule has 1 aromatic heterocycles. The van der Waals surface area contributed by atoms with E-state index in [-0.39, 0.29) is 5.78 Å². The number of carbonyl (C=O) groups is 2. The van der Waals surface area contributed by atoms with Crippen molar-refractivity contribution in [3.05, 3.63) is 50.8 Å². The van der Waals surface area contributed by atoms with Crippen molar-refractivity contribution in [1.29, 1.82) is 0 Å². The van der Waals surface area contributed by atoms with Crippen molar-refractivity contribution in [1.82, 2.24) is 4.98 Å². The van der Waals surface area contributed by atoms with Gasteiger partial charge in [0.05, 0.1) is 28.4 Å². The van der Waals surface area contributed by atoms with Gasteiger partial charge in [0.25, 0.3) is 0 Å². The zero-order chi connectivity index (χ0) is 18.0. The predicted molar refractivity (Wildman–Crippen MR) is 92.5 cm³/mol. The Bertz CT molecular complexity index is 798. The number of aromatic amines is 1. The Balaban J connectivity index is 2.25. The predicted octanol–water partition coefficient (Wildman–Crippen LogP) is 4.38. The van der Waals surface area contributed by atoms with Gasteiger partial charge in [0.1, 0.15) is 5.75 Å². The molecule has 128 valence electrons. The minimum absolute atomic E-state index is 0.281. The first-order valence-corrected chi connectivity index (χ1v) is 7.95. The normalized spacial score (nSPS) is 11.9. The minimum atomic E-state index is -0.774. The Kier molecular flexibility index (Phi) is 5.57. The van der Waals surface area contributed by atoms with E-state index < -0.39 is 12.1 Å². The fourth-order valence-electron chi connectivity index (χ4n) is 2.42. The van der Waals surface area contributed by atoms with Gasteiger partial charge in [-0.25, -0.2) is 4.79 Å². The molecule has 24 heavy (non-hydrogen) atoms. The standard InChI is InChI=1S/C17H17Cl2NO4/c1-8-14(17(22)23-4)9(2)20-15(8)16(21)10(3)24-11-5-6-12(18)13(19)7-11/h5-7,10,20H,1-4H3/t10-/m0/s1. The fourth-order valence-corrected chi connectivity index (χ4v) is 2.70. The third kappa shape index (κ3) is 3.57. The molecule has 2 aromatic rings. The topological polar surface area (TPSA) is 68.4 Å². The maximum atomic E-state index is 12.6. The molecule has 1 aromatic carbocycles. The molecule has 0 aliphatic rings. The van der Waals surface area contributed by atoms with Crippen molar-refractivity contribution in [2.45, 2.75) is 26.9 Å². The summed E-state index contributed by atoms with van der Waals surface area (Å²) in [5, 5.41) is 0.746. The molecular weight excluding hydrogens is 353 g/mol. The summed E-state index contributed by atoms with van der Waals surface area (Å²) in [7, 11) is 1.30. The number of benzene rings is 1. The molecule has 1 heterocycles. The molecule has 1 atom stereocenters. The monoisotopic (exact) mass is 369 g/mol. The van der Waals surface area contributed by atoms with Gasteiger partial charge in [-0.1, -0.05) is 23.2 Å². The summed E-state index contributed by atoms with van der Waals surface area (Å²) >= 11 is 11.8. The summed E-state index contributed by atoms with van der Waals surface area (Å²) in [4.78, 5) is 27.4. The molecular formula is C17H17Cl2NO4. The third-order valence-corrected chi connectivity index (χ3v) is 4.39. The molecule has 0 unspecified atom stereocenters. The van der Waals surface area contributed by atoms with E-state index in [1.54, 1.807) is 39.0 Å². The smallest absolute Gasteiger partial charge is 0.339 e. The van der Waals surface area contributed by atoms with Crippen LogP contribution in [0.25, 0.3) is 0 Å². The first kappa shape index (κ1) is 18.4. The molecule has 0 radical (unpaired) electrons. The van der Waals surface area contributed by atoms with Crippen LogP contribution in [0, 0.1) is 13.8 Å². The molecule has 0 fully saturated rings. The molecule has 0 bridgehead atoms. The first-order chi connectivity index (χ1) is 11.3. The van der Waals surface area contributed by atoms with Gasteiger partial charge in [0, 0.05) is 11.8 Å². The van der Waals surface area contributed by atoms with Crippen LogP contribution in [0.1, 0.15) is 39.0 Å². The number of ketones is 1. The van der Waals surface area contributed by atoms with E-state index >= 15 is 0 Å². The summed E-state index contributed by atoms with van der Waals surface area (Å²) in [6.07, 6.45) is -0.774. The van der Waals surface area contributed by atoms with Crippen molar-refractivity contribution >= 4 is 35.0 Å². The van der Waals surface area contributed by atoms with Crippen molar-refractivity contribution in [3.63, 3.8) is 0 Å². The Morgan fingerprint density at radius 3 is 2.42 bits per heavy atom. The van der Waals surface area contributed by atoms with E-state index in [0.717, 1.165) is 0 Å². The number of esters is 1. The van der Waals surface area contributed by atoms with Crippen LogP contribution < -0.4 is 4.74 Å². The third-order valence-electron chi connectivity index (χ3n) is 3.65. The average molecular weight is 370 g/mol. The lowest BCUT2D eigenvalue weighted by molar-refractivity contribution is 0.0599. The highest BCUT2D eigenvalue weighted by atomic mass is 35.5. The van der Waals surface area contributed by atoms with E-state index in [2.05, 4.69) is 4.98 Å². The number of Topliss-reactive ketones (excluding diaryl/α,β-unsaturated/α-hetero) is 1. The molecule has 5 nitrogen and oxygen atoms in total. The lowest BCUT2D eigenvalue weighted by Crippen LogP contribution is -2.25. The van der Waals surface area contributed by atoms with Crippen LogP contribution in [-0.2, 0) is 4.74 Å². The zero-order valence-electron chi connectivity index (χ0n) is 13.7. The molecule has 7 heteroatoms. The van der Waals surface area contributed by atoms with Crippen LogP contribution in [0.4, 0.5) is 0 Å². The highest BCUT2D eigenvalue weighted by molar-refractivity contribution is 6.42. The quantitative estimate of drug-likeness (QED) is 0.627. The van der Waals surface area contributed by atoms with E-state index in [1.807, 2.05) is 0 Å². The lowest BCUT2D eigenvalue weighted by atomic mass is 10.1. The number of aromatic nitrogens is 1. The Morgan fingerprint density at radius 1 is 1.17 bits per heavy atom. The average Bonchev–Trinajstić information content (AvgIpc) is 2.84. The van der Waals surface area contributed by atoms with Gasteiger partial charge in [0.2, 0.25) is 5.78 Å². The molecule has 1 N–H and O–H groups in total. The highest BCUT2D eigenvalue weighted by Gasteiger charge is 2.26. The number of ether oxygens (including phenoxy) is 2. The van der Waals surface area contributed by atoms with E-state index in [4.69, 9.17) is 32.7 Å². The van der Waals surface area contributed by atoms with Gasteiger partial charge in [0.15, 0.2) is 6.10 Å². The number of H-pyrrole nitrogens is 1.